The van der Waals surface area contributed by atoms with Crippen LogP contribution >= 0.6 is 11.6 Å². The molecule has 0 saturated carbocycles. The second kappa shape index (κ2) is 6.18. The molecular weight excluding hydrogens is 288 g/mol. The molecular formula is C15H19ClN4O. The summed E-state index contributed by atoms with van der Waals surface area (Å²) in [5, 5.41) is 7.84. The minimum atomic E-state index is -0.0634. The van der Waals surface area contributed by atoms with E-state index < -0.39 is 0 Å². The summed E-state index contributed by atoms with van der Waals surface area (Å²) < 4.78 is 1.76. The molecule has 0 fully saturated rings. The monoisotopic (exact) mass is 306 g/mol. The van der Waals surface area contributed by atoms with Crippen molar-refractivity contribution < 1.29 is 4.79 Å². The number of halogens is 1. The largest absolute Gasteiger partial charge is 0.399 e. The topological polar surface area (TPSA) is 72.9 Å². The van der Waals surface area contributed by atoms with E-state index in [2.05, 4.69) is 10.4 Å². The van der Waals surface area contributed by atoms with Crippen molar-refractivity contribution in [3.63, 3.8) is 0 Å². The van der Waals surface area contributed by atoms with Crippen LogP contribution in [0.5, 0.6) is 0 Å². The Morgan fingerprint density at radius 1 is 1.38 bits per heavy atom. The summed E-state index contributed by atoms with van der Waals surface area (Å²) in [6.07, 6.45) is 0.335. The maximum Gasteiger partial charge on any atom is 0.226 e. The number of amides is 1. The number of benzene rings is 1. The van der Waals surface area contributed by atoms with Crippen LogP contribution in [0.2, 0.25) is 5.02 Å². The SMILES string of the molecule is Cc1cc(N)ccc1NC(=O)CCn1nc(C)c(Cl)c1C. The number of rotatable bonds is 4. The highest BCUT2D eigenvalue weighted by Crippen LogP contribution is 2.20. The van der Waals surface area contributed by atoms with Gasteiger partial charge in [0, 0.05) is 17.8 Å². The van der Waals surface area contributed by atoms with E-state index in [9.17, 15) is 4.79 Å². The van der Waals surface area contributed by atoms with E-state index in [0.29, 0.717) is 23.7 Å². The molecule has 0 saturated heterocycles. The van der Waals surface area contributed by atoms with E-state index >= 15 is 0 Å². The lowest BCUT2D eigenvalue weighted by molar-refractivity contribution is -0.116. The van der Waals surface area contributed by atoms with Crippen LogP contribution < -0.4 is 11.1 Å². The van der Waals surface area contributed by atoms with Gasteiger partial charge in [0.05, 0.1) is 23.0 Å². The Balaban J connectivity index is 1.97. The number of carbonyl (C=O) groups excluding carboxylic acids is 1. The Labute approximate surface area is 129 Å². The number of nitrogens with two attached hydrogens (primary N) is 1. The van der Waals surface area contributed by atoms with Gasteiger partial charge in [-0.1, -0.05) is 11.6 Å². The third-order valence-corrected chi connectivity index (χ3v) is 3.92. The second-order valence-corrected chi connectivity index (χ2v) is 5.46. The molecule has 2 rings (SSSR count). The number of carbonyl (C=O) groups is 1. The van der Waals surface area contributed by atoms with Crippen LogP contribution in [-0.4, -0.2) is 15.7 Å². The highest BCUT2D eigenvalue weighted by atomic mass is 35.5. The van der Waals surface area contributed by atoms with E-state index in [1.165, 1.54) is 0 Å². The minimum absolute atomic E-state index is 0.0634. The summed E-state index contributed by atoms with van der Waals surface area (Å²) in [6.45, 7) is 6.15. The molecule has 1 heterocycles. The molecule has 0 aliphatic carbocycles. The maximum absolute atomic E-state index is 12.0. The van der Waals surface area contributed by atoms with Crippen molar-refractivity contribution >= 4 is 28.9 Å². The lowest BCUT2D eigenvalue weighted by Gasteiger charge is -2.09. The predicted molar refractivity (Wildman–Crippen MR) is 85.5 cm³/mol. The van der Waals surface area contributed by atoms with Gasteiger partial charge in [-0.05, 0) is 44.5 Å². The molecule has 5 nitrogen and oxygen atoms in total. The Morgan fingerprint density at radius 2 is 2.10 bits per heavy atom. The van der Waals surface area contributed by atoms with Crippen LogP contribution in [0, 0.1) is 20.8 Å². The van der Waals surface area contributed by atoms with E-state index in [1.54, 1.807) is 10.7 Å². The Bertz CT molecular complexity index is 679. The van der Waals surface area contributed by atoms with Crippen molar-refractivity contribution in [3.05, 3.63) is 40.2 Å². The third-order valence-electron chi connectivity index (χ3n) is 3.37. The average molecular weight is 307 g/mol. The number of nitrogen functional groups attached to an aromatic ring is 1. The second-order valence-electron chi connectivity index (χ2n) is 5.08. The van der Waals surface area contributed by atoms with Crippen LogP contribution in [0.15, 0.2) is 18.2 Å². The van der Waals surface area contributed by atoms with Crippen molar-refractivity contribution in [2.75, 3.05) is 11.1 Å². The maximum atomic E-state index is 12.0. The summed E-state index contributed by atoms with van der Waals surface area (Å²) in [6, 6.07) is 5.41. The van der Waals surface area contributed by atoms with Gasteiger partial charge in [0.15, 0.2) is 0 Å². The minimum Gasteiger partial charge on any atom is -0.399 e. The van der Waals surface area contributed by atoms with Crippen LogP contribution in [0.4, 0.5) is 11.4 Å². The molecule has 0 spiro atoms. The molecule has 3 N–H and O–H groups in total. The normalized spacial score (nSPS) is 10.7. The Morgan fingerprint density at radius 3 is 2.67 bits per heavy atom. The Hall–Kier alpha value is -2.01. The molecule has 1 amide bonds. The van der Waals surface area contributed by atoms with Gasteiger partial charge < -0.3 is 11.1 Å². The smallest absolute Gasteiger partial charge is 0.226 e. The van der Waals surface area contributed by atoms with Crippen molar-refractivity contribution in [3.8, 4) is 0 Å². The molecule has 112 valence electrons. The number of anilines is 2. The first kappa shape index (κ1) is 15.4. The van der Waals surface area contributed by atoms with E-state index in [4.69, 9.17) is 17.3 Å². The van der Waals surface area contributed by atoms with Gasteiger partial charge in [0.25, 0.3) is 0 Å². The third kappa shape index (κ3) is 3.55. The molecule has 0 aliphatic heterocycles. The molecule has 0 radical (unpaired) electrons. The van der Waals surface area contributed by atoms with Gasteiger partial charge in [-0.2, -0.15) is 5.10 Å². The van der Waals surface area contributed by atoms with Crippen molar-refractivity contribution in [1.82, 2.24) is 9.78 Å². The molecule has 0 unspecified atom stereocenters. The van der Waals surface area contributed by atoms with Gasteiger partial charge in [0.2, 0.25) is 5.91 Å². The van der Waals surface area contributed by atoms with Gasteiger partial charge in [-0.25, -0.2) is 0 Å². The Kier molecular flexibility index (Phi) is 4.53. The molecule has 0 bridgehead atoms. The van der Waals surface area contributed by atoms with Gasteiger partial charge in [-0.15, -0.1) is 0 Å². The summed E-state index contributed by atoms with van der Waals surface area (Å²) in [5.74, 6) is -0.0634. The van der Waals surface area contributed by atoms with Crippen LogP contribution in [-0.2, 0) is 11.3 Å². The quantitative estimate of drug-likeness (QED) is 0.853. The van der Waals surface area contributed by atoms with E-state index in [1.807, 2.05) is 32.9 Å². The lowest BCUT2D eigenvalue weighted by Crippen LogP contribution is -2.16. The summed E-state index contributed by atoms with van der Waals surface area (Å²) in [4.78, 5) is 12.0. The molecule has 2 aromatic rings. The number of nitrogens with zero attached hydrogens (tertiary/aromatic N) is 2. The molecule has 21 heavy (non-hydrogen) atoms. The molecule has 1 aromatic heterocycles. The van der Waals surface area contributed by atoms with Gasteiger partial charge >= 0.3 is 0 Å². The zero-order valence-electron chi connectivity index (χ0n) is 12.4. The van der Waals surface area contributed by atoms with Gasteiger partial charge in [-0.3, -0.25) is 9.48 Å². The summed E-state index contributed by atoms with van der Waals surface area (Å²) >= 11 is 6.08. The average Bonchev–Trinajstić information content (AvgIpc) is 2.67. The number of hydrogen-bond donors (Lipinski definition) is 2. The standard InChI is InChI=1S/C15H19ClN4O/c1-9-8-12(17)4-5-13(9)18-14(21)6-7-20-11(3)15(16)10(2)19-20/h4-5,8H,6-7,17H2,1-3H3,(H,18,21). The van der Waals surface area contributed by atoms with Crippen LogP contribution in [0.3, 0.4) is 0 Å². The number of nitrogens with one attached hydrogen (secondary N) is 1. The van der Waals surface area contributed by atoms with E-state index in [0.717, 1.165) is 22.6 Å². The van der Waals surface area contributed by atoms with Crippen molar-refractivity contribution in [2.24, 2.45) is 0 Å². The first-order chi connectivity index (χ1) is 9.88. The van der Waals surface area contributed by atoms with Crippen molar-refractivity contribution in [2.45, 2.75) is 33.7 Å². The van der Waals surface area contributed by atoms with Crippen molar-refractivity contribution in [1.29, 1.82) is 0 Å². The fourth-order valence-electron chi connectivity index (χ4n) is 2.14. The molecule has 1 aromatic carbocycles. The molecule has 0 aliphatic rings. The van der Waals surface area contributed by atoms with Crippen LogP contribution in [0.1, 0.15) is 23.4 Å². The van der Waals surface area contributed by atoms with Gasteiger partial charge in [0.1, 0.15) is 0 Å². The highest BCUT2D eigenvalue weighted by molar-refractivity contribution is 6.31. The number of hydrogen-bond acceptors (Lipinski definition) is 3. The first-order valence-corrected chi connectivity index (χ1v) is 7.11. The predicted octanol–water partition coefficient (Wildman–Crippen LogP) is 3.07. The molecule has 0 atom stereocenters. The first-order valence-electron chi connectivity index (χ1n) is 6.74. The fourth-order valence-corrected chi connectivity index (χ4v) is 2.28. The number of aryl methyl sites for hydroxylation is 3. The van der Waals surface area contributed by atoms with E-state index in [-0.39, 0.29) is 5.91 Å². The van der Waals surface area contributed by atoms with Crippen LogP contribution in [0.25, 0.3) is 0 Å². The summed E-state index contributed by atoms with van der Waals surface area (Å²) in [7, 11) is 0. The fraction of sp³-hybridized carbons (Fsp3) is 0.333. The number of aromatic nitrogens is 2. The summed E-state index contributed by atoms with van der Waals surface area (Å²) in [5.41, 5.74) is 9.75. The lowest BCUT2D eigenvalue weighted by atomic mass is 10.2. The molecule has 6 heteroatoms. The zero-order valence-corrected chi connectivity index (χ0v) is 13.2. The zero-order chi connectivity index (χ0) is 15.6. The highest BCUT2D eigenvalue weighted by Gasteiger charge is 2.11.